The first-order chi connectivity index (χ1) is 8.63. The van der Waals surface area contributed by atoms with E-state index in [0.29, 0.717) is 11.6 Å². The number of benzene rings is 1. The van der Waals surface area contributed by atoms with Crippen molar-refractivity contribution in [3.63, 3.8) is 0 Å². The van der Waals surface area contributed by atoms with Crippen LogP contribution in [0.25, 0.3) is 11.3 Å². The summed E-state index contributed by atoms with van der Waals surface area (Å²) < 4.78 is 4.87. The summed E-state index contributed by atoms with van der Waals surface area (Å²) in [6.07, 6.45) is 2.23. The molecule has 2 aromatic rings. The smallest absolute Gasteiger partial charge is 0.374 e. The largest absolute Gasteiger partial charge is 0.475 e. The maximum atomic E-state index is 10.9. The molecule has 0 amide bonds. The molecule has 1 N–H and O–H groups in total. The van der Waals surface area contributed by atoms with Gasteiger partial charge < -0.3 is 9.52 Å². The van der Waals surface area contributed by atoms with Gasteiger partial charge in [0.2, 0.25) is 5.76 Å². The molecule has 1 aromatic carbocycles. The van der Waals surface area contributed by atoms with Crippen molar-refractivity contribution in [2.45, 2.75) is 26.2 Å². The predicted molar refractivity (Wildman–Crippen MR) is 67.6 cm³/mol. The van der Waals surface area contributed by atoms with E-state index in [-0.39, 0.29) is 5.76 Å². The number of aromatic nitrogens is 1. The number of hydrogen-bond donors (Lipinski definition) is 1. The molecule has 4 nitrogen and oxygen atoms in total. The van der Waals surface area contributed by atoms with Gasteiger partial charge >= 0.3 is 5.97 Å². The molecule has 1 heterocycles. The number of carbonyl (C=O) groups is 1. The summed E-state index contributed by atoms with van der Waals surface area (Å²) in [6.45, 7) is 4.30. The fourth-order valence-corrected chi connectivity index (χ4v) is 1.81. The maximum Gasteiger partial charge on any atom is 0.374 e. The van der Waals surface area contributed by atoms with Gasteiger partial charge in [0, 0.05) is 5.56 Å². The molecular formula is C14H15NO3. The maximum absolute atomic E-state index is 10.9. The Morgan fingerprint density at radius 3 is 2.61 bits per heavy atom. The normalized spacial score (nSPS) is 12.3. The van der Waals surface area contributed by atoms with Crippen LogP contribution in [-0.2, 0) is 0 Å². The first-order valence-electron chi connectivity index (χ1n) is 5.90. The van der Waals surface area contributed by atoms with Gasteiger partial charge in [0.25, 0.3) is 0 Å². The van der Waals surface area contributed by atoms with E-state index in [9.17, 15) is 4.79 Å². The number of nitrogens with zero attached hydrogens (tertiary/aromatic N) is 1. The lowest BCUT2D eigenvalue weighted by molar-refractivity contribution is 0.0663. The molecule has 1 unspecified atom stereocenters. The molecule has 0 spiro atoms. The standard InChI is InChI=1S/C14H15NO3/c1-3-9(2)10-4-6-11(7-5-10)12-13(14(16)17)18-8-15-12/h4-9H,3H2,1-2H3,(H,16,17). The van der Waals surface area contributed by atoms with Crippen LogP contribution >= 0.6 is 0 Å². The zero-order valence-electron chi connectivity index (χ0n) is 10.4. The van der Waals surface area contributed by atoms with Crippen LogP contribution in [-0.4, -0.2) is 16.1 Å². The molecule has 94 valence electrons. The highest BCUT2D eigenvalue weighted by molar-refractivity contribution is 5.91. The van der Waals surface area contributed by atoms with Crippen LogP contribution in [0.3, 0.4) is 0 Å². The van der Waals surface area contributed by atoms with Gasteiger partial charge in [-0.15, -0.1) is 0 Å². The molecule has 0 aliphatic rings. The molecular weight excluding hydrogens is 230 g/mol. The molecule has 0 radical (unpaired) electrons. The first kappa shape index (κ1) is 12.4. The SMILES string of the molecule is CCC(C)c1ccc(-c2ncoc2C(=O)O)cc1. The summed E-state index contributed by atoms with van der Waals surface area (Å²) >= 11 is 0. The van der Waals surface area contributed by atoms with E-state index in [4.69, 9.17) is 9.52 Å². The third-order valence-corrected chi connectivity index (χ3v) is 3.13. The van der Waals surface area contributed by atoms with Crippen molar-refractivity contribution in [2.75, 3.05) is 0 Å². The van der Waals surface area contributed by atoms with Crippen LogP contribution in [0, 0.1) is 0 Å². The number of carboxylic acid groups (broad SMARTS) is 1. The fraction of sp³-hybridized carbons (Fsp3) is 0.286. The van der Waals surface area contributed by atoms with Gasteiger partial charge in [-0.05, 0) is 17.9 Å². The summed E-state index contributed by atoms with van der Waals surface area (Å²) in [5.74, 6) is -0.727. The van der Waals surface area contributed by atoms with E-state index >= 15 is 0 Å². The topological polar surface area (TPSA) is 63.3 Å². The van der Waals surface area contributed by atoms with Gasteiger partial charge in [0.05, 0.1) is 0 Å². The molecule has 1 atom stereocenters. The van der Waals surface area contributed by atoms with E-state index in [1.165, 1.54) is 5.56 Å². The van der Waals surface area contributed by atoms with Crippen molar-refractivity contribution >= 4 is 5.97 Å². The Morgan fingerprint density at radius 2 is 2.06 bits per heavy atom. The summed E-state index contributed by atoms with van der Waals surface area (Å²) in [6, 6.07) is 7.77. The van der Waals surface area contributed by atoms with Crippen molar-refractivity contribution in [3.8, 4) is 11.3 Å². The van der Waals surface area contributed by atoms with Crippen molar-refractivity contribution in [1.29, 1.82) is 0 Å². The number of rotatable bonds is 4. The summed E-state index contributed by atoms with van der Waals surface area (Å²) in [5.41, 5.74) is 2.37. The summed E-state index contributed by atoms with van der Waals surface area (Å²) in [7, 11) is 0. The van der Waals surface area contributed by atoms with E-state index in [1.807, 2.05) is 24.3 Å². The Hall–Kier alpha value is -2.10. The number of hydrogen-bond acceptors (Lipinski definition) is 3. The van der Waals surface area contributed by atoms with E-state index in [1.54, 1.807) is 0 Å². The molecule has 0 aliphatic heterocycles. The van der Waals surface area contributed by atoms with Crippen molar-refractivity contribution in [3.05, 3.63) is 42.0 Å². The van der Waals surface area contributed by atoms with Crippen LogP contribution in [0.15, 0.2) is 35.1 Å². The van der Waals surface area contributed by atoms with Crippen molar-refractivity contribution in [1.82, 2.24) is 4.98 Å². The second-order valence-corrected chi connectivity index (χ2v) is 4.27. The number of aromatic carboxylic acids is 1. The number of carboxylic acids is 1. The molecule has 18 heavy (non-hydrogen) atoms. The first-order valence-corrected chi connectivity index (χ1v) is 5.90. The molecule has 1 aromatic heterocycles. The second-order valence-electron chi connectivity index (χ2n) is 4.27. The van der Waals surface area contributed by atoms with Gasteiger partial charge in [-0.2, -0.15) is 0 Å². The molecule has 0 saturated heterocycles. The highest BCUT2D eigenvalue weighted by atomic mass is 16.4. The van der Waals surface area contributed by atoms with Crippen LogP contribution in [0.1, 0.15) is 42.3 Å². The van der Waals surface area contributed by atoms with Gasteiger partial charge in [-0.3, -0.25) is 0 Å². The lowest BCUT2D eigenvalue weighted by Gasteiger charge is -2.09. The Bertz CT molecular complexity index is 542. The third kappa shape index (κ3) is 2.27. The van der Waals surface area contributed by atoms with Crippen LogP contribution in [0.5, 0.6) is 0 Å². The predicted octanol–water partition coefficient (Wildman–Crippen LogP) is 3.55. The minimum Gasteiger partial charge on any atom is -0.475 e. The molecule has 0 saturated carbocycles. The summed E-state index contributed by atoms with van der Waals surface area (Å²) in [4.78, 5) is 14.9. The molecule has 0 bridgehead atoms. The zero-order valence-corrected chi connectivity index (χ0v) is 10.4. The van der Waals surface area contributed by atoms with Gasteiger partial charge in [-0.25, -0.2) is 9.78 Å². The summed E-state index contributed by atoms with van der Waals surface area (Å²) in [5, 5.41) is 8.96. The van der Waals surface area contributed by atoms with E-state index in [2.05, 4.69) is 18.8 Å². The second kappa shape index (κ2) is 5.04. The van der Waals surface area contributed by atoms with Gasteiger partial charge in [-0.1, -0.05) is 38.1 Å². The van der Waals surface area contributed by atoms with E-state index < -0.39 is 5.97 Å². The molecule has 0 fully saturated rings. The van der Waals surface area contributed by atoms with Gasteiger partial charge in [0.1, 0.15) is 5.69 Å². The fourth-order valence-electron chi connectivity index (χ4n) is 1.81. The lowest BCUT2D eigenvalue weighted by Crippen LogP contribution is -1.97. The average molecular weight is 245 g/mol. The Labute approximate surface area is 105 Å². The van der Waals surface area contributed by atoms with E-state index in [0.717, 1.165) is 18.4 Å². The minimum atomic E-state index is -1.10. The molecule has 2 rings (SSSR count). The molecule has 4 heteroatoms. The van der Waals surface area contributed by atoms with Crippen molar-refractivity contribution in [2.24, 2.45) is 0 Å². The minimum absolute atomic E-state index is 0.119. The van der Waals surface area contributed by atoms with Crippen LogP contribution < -0.4 is 0 Å². The Balaban J connectivity index is 2.34. The molecule has 0 aliphatic carbocycles. The average Bonchev–Trinajstić information content (AvgIpc) is 2.87. The zero-order chi connectivity index (χ0) is 13.1. The highest BCUT2D eigenvalue weighted by Gasteiger charge is 2.17. The Morgan fingerprint density at radius 1 is 1.39 bits per heavy atom. The van der Waals surface area contributed by atoms with Crippen LogP contribution in [0.2, 0.25) is 0 Å². The van der Waals surface area contributed by atoms with Crippen molar-refractivity contribution < 1.29 is 14.3 Å². The van der Waals surface area contributed by atoms with Crippen LogP contribution in [0.4, 0.5) is 0 Å². The Kier molecular flexibility index (Phi) is 3.46. The monoisotopic (exact) mass is 245 g/mol. The highest BCUT2D eigenvalue weighted by Crippen LogP contribution is 2.25. The third-order valence-electron chi connectivity index (χ3n) is 3.13. The lowest BCUT2D eigenvalue weighted by atomic mass is 9.97. The quantitative estimate of drug-likeness (QED) is 0.894. The van der Waals surface area contributed by atoms with Gasteiger partial charge in [0.15, 0.2) is 6.39 Å². The number of oxazole rings is 1.